The number of carbonyl (C=O) groups is 1. The van der Waals surface area contributed by atoms with Gasteiger partial charge >= 0.3 is 59.1 Å². The molecule has 59 heavy (non-hydrogen) atoms. The Morgan fingerprint density at radius 2 is 1.24 bits per heavy atom. The molecule has 0 unspecified atom stereocenters. The van der Waals surface area contributed by atoms with E-state index in [1.807, 2.05) is 0 Å². The summed E-state index contributed by atoms with van der Waals surface area (Å²) in [7, 11) is -10.6. The predicted octanol–water partition coefficient (Wildman–Crippen LogP) is -9.89. The van der Waals surface area contributed by atoms with E-state index in [1.54, 1.807) is 0 Å². The molecule has 2 saturated heterocycles. The molecule has 27 heteroatoms. The first kappa shape index (κ1) is 59.7. The quantitative estimate of drug-likeness (QED) is 0.0156. The molecule has 0 bridgehead atoms. The van der Waals surface area contributed by atoms with Gasteiger partial charge in [-0.25, -0.2) is 16.8 Å². The van der Waals surface area contributed by atoms with Crippen molar-refractivity contribution in [2.45, 2.75) is 121 Å². The first-order valence-corrected chi connectivity index (χ1v) is 21.1. The summed E-state index contributed by atoms with van der Waals surface area (Å²) in [6.45, 7) is -3.39. The van der Waals surface area contributed by atoms with Gasteiger partial charge in [0, 0.05) is 13.5 Å². The molecule has 0 aliphatic carbocycles. The van der Waals surface area contributed by atoms with Crippen molar-refractivity contribution in [2.24, 2.45) is 10.8 Å². The second kappa shape index (κ2) is 28.6. The minimum Gasteiger partial charge on any atom is -0.726 e. The average molecular weight is 920 g/mol. The van der Waals surface area contributed by atoms with Gasteiger partial charge < -0.3 is 78.6 Å². The Labute approximate surface area is 389 Å². The van der Waals surface area contributed by atoms with Crippen molar-refractivity contribution < 1.29 is 162 Å². The third-order valence-electron chi connectivity index (χ3n) is 9.53. The van der Waals surface area contributed by atoms with Crippen molar-refractivity contribution in [3.63, 3.8) is 0 Å². The van der Waals surface area contributed by atoms with Crippen molar-refractivity contribution in [1.82, 2.24) is 5.32 Å². The van der Waals surface area contributed by atoms with E-state index in [-0.39, 0.29) is 65.7 Å². The second-order valence-electron chi connectivity index (χ2n) is 14.5. The zero-order valence-electron chi connectivity index (χ0n) is 34.2. The Kier molecular flexibility index (Phi) is 28.9. The van der Waals surface area contributed by atoms with E-state index in [4.69, 9.17) is 28.4 Å². The molecule has 0 aromatic rings. The summed E-state index contributed by atoms with van der Waals surface area (Å²) in [4.78, 5) is 12.7. The van der Waals surface area contributed by atoms with Gasteiger partial charge in [0.1, 0.15) is 42.7 Å². The summed E-state index contributed by atoms with van der Waals surface area (Å²) < 4.78 is 112. The zero-order chi connectivity index (χ0) is 43.0. The van der Waals surface area contributed by atoms with E-state index < -0.39 is 158 Å². The fraction of sp³-hybridized carbons (Fsp3) is 0.969. The number of hydrogen-bond acceptors (Lipinski definition) is 22. The van der Waals surface area contributed by atoms with Gasteiger partial charge in [-0.2, -0.15) is 0 Å². The Bertz CT molecular complexity index is 1390. The molecule has 23 nitrogen and oxygen atoms in total. The summed E-state index contributed by atoms with van der Waals surface area (Å²) in [5, 5.41) is 74.8. The summed E-state index contributed by atoms with van der Waals surface area (Å²) >= 11 is 0. The Hall–Kier alpha value is 0.690. The molecule has 2 rings (SSSR count). The number of aliphatic hydroxyl groups is 7. The summed E-state index contributed by atoms with van der Waals surface area (Å²) in [6, 6.07) is -1.35. The molecule has 0 aromatic carbocycles. The molecule has 0 radical (unpaired) electrons. The number of rotatable bonds is 28. The van der Waals surface area contributed by atoms with Gasteiger partial charge in [0.05, 0.1) is 76.4 Å². The molecule has 2 aliphatic heterocycles. The molecule has 2 aliphatic rings. The van der Waals surface area contributed by atoms with E-state index in [2.05, 4.69) is 20.6 Å². The molecule has 338 valence electrons. The molecule has 0 spiro atoms. The van der Waals surface area contributed by atoms with Crippen molar-refractivity contribution in [3.8, 4) is 0 Å². The minimum atomic E-state index is -5.33. The Morgan fingerprint density at radius 3 is 1.75 bits per heavy atom. The van der Waals surface area contributed by atoms with E-state index in [1.165, 1.54) is 6.92 Å². The molecule has 8 N–H and O–H groups in total. The van der Waals surface area contributed by atoms with Crippen LogP contribution >= 0.6 is 0 Å². The number of aliphatic hydroxyl groups excluding tert-OH is 7. The maximum absolute atomic E-state index is 12.7. The normalized spacial score (nSPS) is 28.1. The average Bonchev–Trinajstić information content (AvgIpc) is 3.15. The van der Waals surface area contributed by atoms with E-state index in [9.17, 15) is 66.5 Å². The first-order valence-electron chi connectivity index (χ1n) is 18.4. The smallest absolute Gasteiger partial charge is 0.726 e. The molecule has 0 saturated carbocycles. The van der Waals surface area contributed by atoms with E-state index >= 15 is 0 Å². The van der Waals surface area contributed by atoms with Crippen LogP contribution in [0.25, 0.3) is 0 Å². The van der Waals surface area contributed by atoms with Gasteiger partial charge in [0.2, 0.25) is 26.7 Å². The Morgan fingerprint density at radius 1 is 0.712 bits per heavy atom. The van der Waals surface area contributed by atoms with E-state index in [0.717, 1.165) is 39.0 Å². The fourth-order valence-electron chi connectivity index (χ4n) is 5.90. The van der Waals surface area contributed by atoms with Gasteiger partial charge in [-0.15, -0.1) is 0 Å². The second-order valence-corrected chi connectivity index (χ2v) is 16.6. The van der Waals surface area contributed by atoms with Crippen LogP contribution in [-0.4, -0.2) is 195 Å². The third kappa shape index (κ3) is 20.2. The van der Waals surface area contributed by atoms with Crippen molar-refractivity contribution in [3.05, 3.63) is 0 Å². The molecule has 2 fully saturated rings. The van der Waals surface area contributed by atoms with Crippen LogP contribution in [0, 0.1) is 10.8 Å². The van der Waals surface area contributed by atoms with Crippen LogP contribution in [0.4, 0.5) is 0 Å². The van der Waals surface area contributed by atoms with Crippen molar-refractivity contribution >= 4 is 26.7 Å². The zero-order valence-corrected chi connectivity index (χ0v) is 39.8. The van der Waals surface area contributed by atoms with Crippen LogP contribution in [0.5, 0.6) is 0 Å². The topological polar surface area (TPSA) is 359 Å². The van der Waals surface area contributed by atoms with Crippen LogP contribution < -0.4 is 64.4 Å². The largest absolute Gasteiger partial charge is 1.00 e. The number of ether oxygens (including phenoxy) is 6. The van der Waals surface area contributed by atoms with Gasteiger partial charge in [-0.3, -0.25) is 13.2 Å². The van der Waals surface area contributed by atoms with Crippen LogP contribution in [-0.2, 0) is 62.4 Å². The maximum Gasteiger partial charge on any atom is 1.00 e. The standard InChI is InChI=1S/C32H61NO22S2.2Na/c1-4-5-6-7-8-9-10-49-29-23(33-21(3)38)28(55-30-26(41)25(40)24(39)20(2)53-30)27(50-17-32(14-36,15-37)19-52-57(45,46)47)22(54-29)11-48-16-31(12-34,13-35)18-51-56(42,43)44;;/h20,22-30,34-37,39-41H,4-19H2,1-3H3,(H,33,38)(H,42,43,44)(H,45,46,47);;/q;2*+1/p-2/t20-,22-,23-,24+,25-,26-,27+,28+,29-,30-;;/m0../s1. The molecule has 0 aromatic heterocycles. The minimum absolute atomic E-state index is 0. The van der Waals surface area contributed by atoms with Crippen molar-refractivity contribution in [1.29, 1.82) is 0 Å². The predicted molar refractivity (Wildman–Crippen MR) is 188 cm³/mol. The first-order chi connectivity index (χ1) is 26.7. The maximum atomic E-state index is 12.7. The number of carbonyl (C=O) groups excluding carboxylic acids is 1. The van der Waals surface area contributed by atoms with Gasteiger partial charge in [0.25, 0.3) is 0 Å². The Balaban J connectivity index is 0.0000168. The number of unbranched alkanes of at least 4 members (excludes halogenated alkanes) is 5. The summed E-state index contributed by atoms with van der Waals surface area (Å²) in [6.07, 6.45) is -8.77. The molecule has 1 amide bonds. The van der Waals surface area contributed by atoms with Gasteiger partial charge in [0.15, 0.2) is 12.6 Å². The number of amides is 1. The summed E-state index contributed by atoms with van der Waals surface area (Å²) in [5.74, 6) is -0.647. The van der Waals surface area contributed by atoms with Crippen LogP contribution in [0.2, 0.25) is 0 Å². The summed E-state index contributed by atoms with van der Waals surface area (Å²) in [5.41, 5.74) is -3.84. The molecule has 2 heterocycles. The molecular formula is C32H59NNa2O22S2. The molecule has 10 atom stereocenters. The third-order valence-corrected chi connectivity index (χ3v) is 10.3. The molecular weight excluding hydrogens is 860 g/mol. The van der Waals surface area contributed by atoms with Crippen LogP contribution in [0.3, 0.4) is 0 Å². The number of nitrogens with one attached hydrogen (secondary N) is 1. The van der Waals surface area contributed by atoms with Gasteiger partial charge in [-0.1, -0.05) is 39.0 Å². The van der Waals surface area contributed by atoms with Gasteiger partial charge in [-0.05, 0) is 13.3 Å². The van der Waals surface area contributed by atoms with Crippen molar-refractivity contribution in [2.75, 3.05) is 66.1 Å². The van der Waals surface area contributed by atoms with Crippen LogP contribution in [0.15, 0.2) is 0 Å². The van der Waals surface area contributed by atoms with Crippen LogP contribution in [0.1, 0.15) is 59.3 Å². The SMILES string of the molecule is CCCCCCCCO[C@H]1O[C@@H](COCC(CO)(CO)COS(=O)(=O)[O-])[C@@H](OCC(CO)(CO)COS(=O)(=O)[O-])[C@H](O[C@@H]2O[C@@H](C)[C@@H](O)[C@H](O)[C@@H]2O)[C@@H]1NC(C)=O.[Na+].[Na+]. The fourth-order valence-corrected chi connectivity index (χ4v) is 6.69. The van der Waals surface area contributed by atoms with E-state index in [0.29, 0.717) is 6.42 Å². The number of hydrogen-bond donors (Lipinski definition) is 8. The monoisotopic (exact) mass is 919 g/mol.